The summed E-state index contributed by atoms with van der Waals surface area (Å²) in [6, 6.07) is 11.6. The fraction of sp³-hybridized carbons (Fsp3) is 0.381. The summed E-state index contributed by atoms with van der Waals surface area (Å²) in [6.45, 7) is 8.28. The number of benzene rings is 2. The molecule has 6 heteroatoms. The molecule has 0 aliphatic rings. The Balaban J connectivity index is 1.79. The van der Waals surface area contributed by atoms with Gasteiger partial charge in [0, 0.05) is 18.1 Å². The van der Waals surface area contributed by atoms with Crippen LogP contribution < -0.4 is 9.47 Å². The summed E-state index contributed by atoms with van der Waals surface area (Å²) in [5, 5.41) is 2.00. The SMILES string of the molecule is C=C(C)C(=O)OCCOCCOc1ccc2c(OC(C)OC)cccc2c1. The van der Waals surface area contributed by atoms with Crippen LogP contribution in [0.25, 0.3) is 10.8 Å². The number of carbonyl (C=O) groups is 1. The fourth-order valence-electron chi connectivity index (χ4n) is 2.29. The normalized spacial score (nSPS) is 11.8. The van der Waals surface area contributed by atoms with Crippen molar-refractivity contribution >= 4 is 16.7 Å². The Labute approximate surface area is 159 Å². The van der Waals surface area contributed by atoms with E-state index in [4.69, 9.17) is 23.7 Å². The van der Waals surface area contributed by atoms with E-state index in [-0.39, 0.29) is 12.9 Å². The number of esters is 1. The molecule has 0 aliphatic heterocycles. The summed E-state index contributed by atoms with van der Waals surface area (Å²) >= 11 is 0. The van der Waals surface area contributed by atoms with Gasteiger partial charge in [0.2, 0.25) is 0 Å². The molecule has 1 unspecified atom stereocenters. The van der Waals surface area contributed by atoms with E-state index in [1.165, 1.54) is 0 Å². The second kappa shape index (κ2) is 10.5. The minimum absolute atomic E-state index is 0.199. The van der Waals surface area contributed by atoms with E-state index in [1.54, 1.807) is 14.0 Å². The Hall–Kier alpha value is -2.57. The Morgan fingerprint density at radius 3 is 2.63 bits per heavy atom. The molecule has 27 heavy (non-hydrogen) atoms. The van der Waals surface area contributed by atoms with Gasteiger partial charge in [0.15, 0.2) is 6.29 Å². The highest BCUT2D eigenvalue weighted by Gasteiger charge is 2.07. The Morgan fingerprint density at radius 2 is 1.89 bits per heavy atom. The molecule has 0 spiro atoms. The van der Waals surface area contributed by atoms with Crippen molar-refractivity contribution in [2.45, 2.75) is 20.1 Å². The monoisotopic (exact) mass is 374 g/mol. The predicted molar refractivity (Wildman–Crippen MR) is 103 cm³/mol. The van der Waals surface area contributed by atoms with Crippen molar-refractivity contribution < 1.29 is 28.5 Å². The van der Waals surface area contributed by atoms with Gasteiger partial charge in [-0.3, -0.25) is 0 Å². The summed E-state index contributed by atoms with van der Waals surface area (Å²) < 4.78 is 26.9. The quantitative estimate of drug-likeness (QED) is 0.258. The average Bonchev–Trinajstić information content (AvgIpc) is 2.66. The first-order valence-electron chi connectivity index (χ1n) is 8.76. The molecule has 146 valence electrons. The zero-order valence-corrected chi connectivity index (χ0v) is 16.0. The summed E-state index contributed by atoms with van der Waals surface area (Å²) in [5.74, 6) is 1.10. The Bertz CT molecular complexity index is 770. The molecule has 0 aromatic heterocycles. The zero-order chi connectivity index (χ0) is 19.6. The molecule has 2 rings (SSSR count). The van der Waals surface area contributed by atoms with Crippen LogP contribution in [0.2, 0.25) is 0 Å². The number of fused-ring (bicyclic) bond motifs is 1. The van der Waals surface area contributed by atoms with Gasteiger partial charge in [0.1, 0.15) is 24.7 Å². The highest BCUT2D eigenvalue weighted by Crippen LogP contribution is 2.29. The molecule has 0 aliphatic carbocycles. The Kier molecular flexibility index (Phi) is 8.10. The lowest BCUT2D eigenvalue weighted by Crippen LogP contribution is -2.14. The zero-order valence-electron chi connectivity index (χ0n) is 16.0. The van der Waals surface area contributed by atoms with E-state index in [0.29, 0.717) is 25.4 Å². The maximum Gasteiger partial charge on any atom is 0.333 e. The van der Waals surface area contributed by atoms with Crippen LogP contribution in [0.4, 0.5) is 0 Å². The van der Waals surface area contributed by atoms with Gasteiger partial charge in [-0.1, -0.05) is 18.7 Å². The van der Waals surface area contributed by atoms with Gasteiger partial charge in [-0.15, -0.1) is 0 Å². The number of ether oxygens (including phenoxy) is 5. The maximum absolute atomic E-state index is 11.2. The number of hydrogen-bond donors (Lipinski definition) is 0. The molecular weight excluding hydrogens is 348 g/mol. The molecule has 0 N–H and O–H groups in total. The molecule has 2 aromatic carbocycles. The van der Waals surface area contributed by atoms with Crippen LogP contribution in [0.3, 0.4) is 0 Å². The van der Waals surface area contributed by atoms with Crippen LogP contribution in [0.15, 0.2) is 48.6 Å². The highest BCUT2D eigenvalue weighted by atomic mass is 16.7. The van der Waals surface area contributed by atoms with E-state index in [0.717, 1.165) is 22.3 Å². The topological polar surface area (TPSA) is 63.2 Å². The first-order chi connectivity index (χ1) is 13.0. The number of carbonyl (C=O) groups excluding carboxylic acids is 1. The second-order valence-electron chi connectivity index (χ2n) is 5.94. The van der Waals surface area contributed by atoms with E-state index in [9.17, 15) is 4.79 Å². The van der Waals surface area contributed by atoms with Gasteiger partial charge < -0.3 is 23.7 Å². The van der Waals surface area contributed by atoms with Crippen molar-refractivity contribution in [1.82, 2.24) is 0 Å². The third-order valence-corrected chi connectivity index (χ3v) is 3.74. The summed E-state index contributed by atoms with van der Waals surface area (Å²) in [6.07, 6.45) is -0.321. The second-order valence-corrected chi connectivity index (χ2v) is 5.94. The lowest BCUT2D eigenvalue weighted by molar-refractivity contribution is -0.140. The largest absolute Gasteiger partial charge is 0.491 e. The predicted octanol–water partition coefficient (Wildman–Crippen LogP) is 3.73. The molecule has 2 aromatic rings. The molecule has 0 radical (unpaired) electrons. The van der Waals surface area contributed by atoms with Gasteiger partial charge in [0.05, 0.1) is 13.2 Å². The van der Waals surface area contributed by atoms with Crippen LogP contribution in [-0.2, 0) is 19.0 Å². The summed E-state index contributed by atoms with van der Waals surface area (Å²) in [5.41, 5.74) is 0.375. The molecule has 0 saturated heterocycles. The summed E-state index contributed by atoms with van der Waals surface area (Å²) in [7, 11) is 1.61. The van der Waals surface area contributed by atoms with Crippen molar-refractivity contribution in [2.75, 3.05) is 33.5 Å². The van der Waals surface area contributed by atoms with Crippen molar-refractivity contribution in [2.24, 2.45) is 0 Å². The number of rotatable bonds is 11. The highest BCUT2D eigenvalue weighted by molar-refractivity contribution is 5.89. The third kappa shape index (κ3) is 6.58. The number of methoxy groups -OCH3 is 1. The van der Waals surface area contributed by atoms with E-state index in [1.807, 2.05) is 43.3 Å². The first-order valence-corrected chi connectivity index (χ1v) is 8.76. The van der Waals surface area contributed by atoms with Crippen molar-refractivity contribution in [1.29, 1.82) is 0 Å². The lowest BCUT2D eigenvalue weighted by Gasteiger charge is -2.15. The van der Waals surface area contributed by atoms with Crippen LogP contribution in [-0.4, -0.2) is 45.8 Å². The minimum Gasteiger partial charge on any atom is -0.491 e. The van der Waals surface area contributed by atoms with Crippen molar-refractivity contribution in [3.05, 3.63) is 48.6 Å². The number of hydrogen-bond acceptors (Lipinski definition) is 6. The smallest absolute Gasteiger partial charge is 0.333 e. The van der Waals surface area contributed by atoms with Crippen molar-refractivity contribution in [3.8, 4) is 11.5 Å². The van der Waals surface area contributed by atoms with Crippen LogP contribution in [0.1, 0.15) is 13.8 Å². The first kappa shape index (κ1) is 20.7. The van der Waals surface area contributed by atoms with Crippen LogP contribution in [0.5, 0.6) is 11.5 Å². The molecule has 0 saturated carbocycles. The van der Waals surface area contributed by atoms with Gasteiger partial charge in [-0.2, -0.15) is 0 Å². The molecule has 0 bridgehead atoms. The van der Waals surface area contributed by atoms with Gasteiger partial charge in [-0.05, 0) is 43.5 Å². The molecular formula is C21H26O6. The van der Waals surface area contributed by atoms with Crippen LogP contribution >= 0.6 is 0 Å². The van der Waals surface area contributed by atoms with Gasteiger partial charge in [0.25, 0.3) is 0 Å². The molecule has 0 heterocycles. The molecule has 6 nitrogen and oxygen atoms in total. The molecule has 0 amide bonds. The molecule has 1 atom stereocenters. The van der Waals surface area contributed by atoms with Gasteiger partial charge in [-0.25, -0.2) is 4.79 Å². The standard InChI is InChI=1S/C21H26O6/c1-15(2)21(22)26-13-11-24-10-12-25-18-8-9-19-17(14-18)6-5-7-20(19)27-16(3)23-4/h5-9,14,16H,1,10-13H2,2-4H3. The Morgan fingerprint density at radius 1 is 1.11 bits per heavy atom. The van der Waals surface area contributed by atoms with E-state index < -0.39 is 5.97 Å². The van der Waals surface area contributed by atoms with E-state index >= 15 is 0 Å². The van der Waals surface area contributed by atoms with E-state index in [2.05, 4.69) is 6.58 Å². The van der Waals surface area contributed by atoms with Gasteiger partial charge >= 0.3 is 5.97 Å². The maximum atomic E-state index is 11.2. The van der Waals surface area contributed by atoms with Crippen LogP contribution in [0, 0.1) is 0 Å². The lowest BCUT2D eigenvalue weighted by atomic mass is 10.1. The fourth-order valence-corrected chi connectivity index (χ4v) is 2.29. The minimum atomic E-state index is -0.408. The average molecular weight is 374 g/mol. The summed E-state index contributed by atoms with van der Waals surface area (Å²) in [4.78, 5) is 11.2. The molecule has 0 fully saturated rings. The van der Waals surface area contributed by atoms with Crippen molar-refractivity contribution in [3.63, 3.8) is 0 Å². The third-order valence-electron chi connectivity index (χ3n) is 3.74.